The molecule has 0 bridgehead atoms. The minimum absolute atomic E-state index is 0.0828. The van der Waals surface area contributed by atoms with Gasteiger partial charge < -0.3 is 21.9 Å². The van der Waals surface area contributed by atoms with E-state index in [0.29, 0.717) is 11.4 Å². The van der Waals surface area contributed by atoms with E-state index in [2.05, 4.69) is 25.3 Å². The van der Waals surface area contributed by atoms with E-state index in [1.165, 1.54) is 24.4 Å². The first-order valence-corrected chi connectivity index (χ1v) is 8.99. The van der Waals surface area contributed by atoms with Gasteiger partial charge in [-0.3, -0.25) is 0 Å². The third kappa shape index (κ3) is 3.44. The SMILES string of the molecule is Nc1nc(-c2nc(-c3ccnc(N)c3F)ccc2O)cc(C2CCNCC2)n1. The van der Waals surface area contributed by atoms with Gasteiger partial charge in [0.2, 0.25) is 5.95 Å². The molecule has 1 aliphatic rings. The largest absolute Gasteiger partial charge is 0.506 e. The molecular formula is C19H20FN7O. The van der Waals surface area contributed by atoms with E-state index in [9.17, 15) is 9.50 Å². The minimum atomic E-state index is -0.663. The summed E-state index contributed by atoms with van der Waals surface area (Å²) in [5.41, 5.74) is 13.4. The summed E-state index contributed by atoms with van der Waals surface area (Å²) in [6, 6.07) is 6.21. The van der Waals surface area contributed by atoms with Crippen LogP contribution in [0, 0.1) is 5.82 Å². The Morgan fingerprint density at radius 1 is 1.04 bits per heavy atom. The monoisotopic (exact) mass is 381 g/mol. The van der Waals surface area contributed by atoms with Gasteiger partial charge in [0, 0.05) is 23.4 Å². The Hall–Kier alpha value is -3.33. The van der Waals surface area contributed by atoms with Crippen molar-refractivity contribution in [3.05, 3.63) is 42.0 Å². The molecule has 1 saturated heterocycles. The van der Waals surface area contributed by atoms with Gasteiger partial charge in [-0.15, -0.1) is 0 Å². The maximum Gasteiger partial charge on any atom is 0.220 e. The maximum absolute atomic E-state index is 14.4. The first kappa shape index (κ1) is 18.1. The molecule has 0 aromatic carbocycles. The number of hydrogen-bond donors (Lipinski definition) is 4. The summed E-state index contributed by atoms with van der Waals surface area (Å²) in [6.07, 6.45) is 3.29. The van der Waals surface area contributed by atoms with Gasteiger partial charge in [0.25, 0.3) is 0 Å². The second-order valence-corrected chi connectivity index (χ2v) is 6.68. The van der Waals surface area contributed by atoms with Gasteiger partial charge in [-0.1, -0.05) is 0 Å². The summed E-state index contributed by atoms with van der Waals surface area (Å²) in [6.45, 7) is 1.82. The number of pyridine rings is 2. The standard InChI is InChI=1S/C19H20FN7O/c20-16-11(5-8-24-18(16)21)12-1-2-15(28)17(25-12)14-9-13(26-19(22)27-14)10-3-6-23-7-4-10/h1-2,5,8-10,23,28H,3-4,6-7H2,(H2,21,24)(H2,22,26,27). The van der Waals surface area contributed by atoms with E-state index in [1.54, 1.807) is 6.07 Å². The number of nitrogen functional groups attached to an aromatic ring is 2. The van der Waals surface area contributed by atoms with Crippen LogP contribution >= 0.6 is 0 Å². The zero-order valence-corrected chi connectivity index (χ0v) is 15.1. The van der Waals surface area contributed by atoms with Crippen LogP contribution in [0.25, 0.3) is 22.6 Å². The van der Waals surface area contributed by atoms with Crippen molar-refractivity contribution >= 4 is 11.8 Å². The van der Waals surface area contributed by atoms with Crippen molar-refractivity contribution in [1.82, 2.24) is 25.3 Å². The van der Waals surface area contributed by atoms with Crippen LogP contribution in [0.3, 0.4) is 0 Å². The van der Waals surface area contributed by atoms with Crippen LogP contribution in [0.15, 0.2) is 30.5 Å². The molecule has 1 fully saturated rings. The average Bonchev–Trinajstić information content (AvgIpc) is 2.71. The molecule has 0 unspecified atom stereocenters. The van der Waals surface area contributed by atoms with Crippen molar-refractivity contribution in [3.63, 3.8) is 0 Å². The van der Waals surface area contributed by atoms with Gasteiger partial charge in [-0.25, -0.2) is 24.3 Å². The lowest BCUT2D eigenvalue weighted by molar-refractivity contribution is 0.453. The summed E-state index contributed by atoms with van der Waals surface area (Å²) >= 11 is 0. The molecule has 4 rings (SSSR count). The number of nitrogens with zero attached hydrogens (tertiary/aromatic N) is 4. The van der Waals surface area contributed by atoms with Crippen molar-refractivity contribution in [2.45, 2.75) is 18.8 Å². The molecule has 144 valence electrons. The molecule has 8 nitrogen and oxygen atoms in total. The van der Waals surface area contributed by atoms with Crippen LogP contribution in [0.1, 0.15) is 24.5 Å². The number of nitrogens with one attached hydrogen (secondary N) is 1. The number of aromatic nitrogens is 4. The number of anilines is 2. The van der Waals surface area contributed by atoms with Crippen molar-refractivity contribution in [2.75, 3.05) is 24.6 Å². The second-order valence-electron chi connectivity index (χ2n) is 6.68. The topological polar surface area (TPSA) is 136 Å². The molecule has 0 radical (unpaired) electrons. The van der Waals surface area contributed by atoms with Crippen LogP contribution in [0.4, 0.5) is 16.2 Å². The molecule has 0 aliphatic carbocycles. The Bertz CT molecular complexity index is 1020. The summed E-state index contributed by atoms with van der Waals surface area (Å²) in [4.78, 5) is 16.7. The number of aromatic hydroxyl groups is 1. The molecule has 3 aromatic heterocycles. The number of piperidine rings is 1. The molecule has 0 spiro atoms. The zero-order valence-electron chi connectivity index (χ0n) is 15.1. The molecule has 4 heterocycles. The van der Waals surface area contributed by atoms with Gasteiger partial charge in [0.05, 0.1) is 11.4 Å². The highest BCUT2D eigenvalue weighted by molar-refractivity contribution is 5.70. The van der Waals surface area contributed by atoms with Crippen LogP contribution < -0.4 is 16.8 Å². The molecule has 9 heteroatoms. The van der Waals surface area contributed by atoms with E-state index < -0.39 is 5.82 Å². The van der Waals surface area contributed by atoms with E-state index >= 15 is 0 Å². The predicted octanol–water partition coefficient (Wildman–Crippen LogP) is 2.08. The minimum Gasteiger partial charge on any atom is -0.506 e. The normalized spacial score (nSPS) is 14.9. The van der Waals surface area contributed by atoms with Crippen LogP contribution in [0.5, 0.6) is 5.75 Å². The quantitative estimate of drug-likeness (QED) is 0.541. The van der Waals surface area contributed by atoms with Crippen molar-refractivity contribution in [2.24, 2.45) is 0 Å². The zero-order chi connectivity index (χ0) is 19.7. The predicted molar refractivity (Wildman–Crippen MR) is 104 cm³/mol. The molecule has 1 aliphatic heterocycles. The van der Waals surface area contributed by atoms with Gasteiger partial charge >= 0.3 is 0 Å². The van der Waals surface area contributed by atoms with E-state index in [0.717, 1.165) is 31.6 Å². The van der Waals surface area contributed by atoms with Crippen molar-refractivity contribution in [1.29, 1.82) is 0 Å². The van der Waals surface area contributed by atoms with Crippen LogP contribution in [-0.4, -0.2) is 38.1 Å². The Morgan fingerprint density at radius 3 is 2.61 bits per heavy atom. The number of hydrogen-bond acceptors (Lipinski definition) is 8. The summed E-state index contributed by atoms with van der Waals surface area (Å²) in [5, 5.41) is 13.7. The Morgan fingerprint density at radius 2 is 1.82 bits per heavy atom. The highest BCUT2D eigenvalue weighted by Gasteiger charge is 2.20. The highest BCUT2D eigenvalue weighted by Crippen LogP contribution is 2.33. The Kier molecular flexibility index (Phi) is 4.74. The average molecular weight is 381 g/mol. The van der Waals surface area contributed by atoms with Crippen molar-refractivity contribution in [3.8, 4) is 28.4 Å². The lowest BCUT2D eigenvalue weighted by atomic mass is 9.94. The molecular weight excluding hydrogens is 361 g/mol. The third-order valence-electron chi connectivity index (χ3n) is 4.83. The third-order valence-corrected chi connectivity index (χ3v) is 4.83. The van der Waals surface area contributed by atoms with E-state index in [-0.39, 0.29) is 34.7 Å². The number of rotatable bonds is 3. The van der Waals surface area contributed by atoms with Crippen LogP contribution in [0.2, 0.25) is 0 Å². The fraction of sp³-hybridized carbons (Fsp3) is 0.263. The summed E-state index contributed by atoms with van der Waals surface area (Å²) in [5.74, 6) is -0.594. The first-order chi connectivity index (χ1) is 13.5. The fourth-order valence-electron chi connectivity index (χ4n) is 3.38. The second kappa shape index (κ2) is 7.35. The van der Waals surface area contributed by atoms with Crippen LogP contribution in [-0.2, 0) is 0 Å². The first-order valence-electron chi connectivity index (χ1n) is 8.99. The van der Waals surface area contributed by atoms with Gasteiger partial charge in [-0.05, 0) is 50.2 Å². The van der Waals surface area contributed by atoms with E-state index in [4.69, 9.17) is 11.5 Å². The molecule has 3 aromatic rings. The maximum atomic E-state index is 14.4. The smallest absolute Gasteiger partial charge is 0.220 e. The highest BCUT2D eigenvalue weighted by atomic mass is 19.1. The van der Waals surface area contributed by atoms with Gasteiger partial charge in [0.15, 0.2) is 11.6 Å². The van der Waals surface area contributed by atoms with Gasteiger partial charge in [0.1, 0.15) is 11.4 Å². The summed E-state index contributed by atoms with van der Waals surface area (Å²) < 4.78 is 14.4. The number of nitrogens with two attached hydrogens (primary N) is 2. The fourth-order valence-corrected chi connectivity index (χ4v) is 3.38. The molecule has 6 N–H and O–H groups in total. The Labute approximate surface area is 160 Å². The molecule has 28 heavy (non-hydrogen) atoms. The molecule has 0 atom stereocenters. The molecule has 0 amide bonds. The molecule has 0 saturated carbocycles. The number of halogens is 1. The van der Waals surface area contributed by atoms with E-state index in [1.807, 2.05) is 0 Å². The van der Waals surface area contributed by atoms with Gasteiger partial charge in [-0.2, -0.15) is 0 Å². The summed E-state index contributed by atoms with van der Waals surface area (Å²) in [7, 11) is 0. The Balaban J connectivity index is 1.79. The lowest BCUT2D eigenvalue weighted by Crippen LogP contribution is -2.27. The van der Waals surface area contributed by atoms with Crippen molar-refractivity contribution < 1.29 is 9.50 Å². The lowest BCUT2D eigenvalue weighted by Gasteiger charge is -2.22.